The van der Waals surface area contributed by atoms with Gasteiger partial charge in [-0.2, -0.15) is 13.7 Å². The molecule has 2 aliphatic rings. The molecular formula is C64H61N3OSi+2. The number of aryl methyl sites for hydroxylation is 1. The SMILES string of the molecule is C=C1CC2C(CCc3ccc4c(oc5ccccc54)c3-c3n(-c4c(C(C)C)cc(-c5ccccc5)cc4C(C)C)c4ccccc4[n+]31)c1ccccc1-c1cc(-c3ccccc3)c([Si](C)(C)C)c[n+]12. The first-order chi connectivity index (χ1) is 33.5. The second-order valence-electron chi connectivity index (χ2n) is 21.3. The fourth-order valence-electron chi connectivity index (χ4n) is 12.0. The van der Waals surface area contributed by atoms with Crippen LogP contribution >= 0.6 is 0 Å². The lowest BCUT2D eigenvalue weighted by molar-refractivity contribution is -0.719. The molecule has 0 saturated heterocycles. The highest BCUT2D eigenvalue weighted by atomic mass is 28.3. The molecule has 0 bridgehead atoms. The summed E-state index contributed by atoms with van der Waals surface area (Å²) in [5.74, 6) is 1.83. The smallest absolute Gasteiger partial charge is 0.304 e. The van der Waals surface area contributed by atoms with Gasteiger partial charge >= 0.3 is 5.82 Å². The molecule has 2 unspecified atom stereocenters. The average Bonchev–Trinajstić information content (AvgIpc) is 3.91. The summed E-state index contributed by atoms with van der Waals surface area (Å²) in [7, 11) is -1.86. The molecule has 0 N–H and O–H groups in total. The maximum Gasteiger partial charge on any atom is 0.304 e. The molecule has 5 heterocycles. The lowest BCUT2D eigenvalue weighted by atomic mass is 9.77. The summed E-state index contributed by atoms with van der Waals surface area (Å²) in [5.41, 5.74) is 20.8. The number of furan rings is 1. The maximum atomic E-state index is 7.18. The van der Waals surface area contributed by atoms with Crippen LogP contribution in [-0.2, 0) is 6.42 Å². The minimum Gasteiger partial charge on any atom is -0.455 e. The predicted octanol–water partition coefficient (Wildman–Crippen LogP) is 15.7. The van der Waals surface area contributed by atoms with E-state index in [-0.39, 0.29) is 23.8 Å². The van der Waals surface area contributed by atoms with Crippen LogP contribution in [0.4, 0.5) is 0 Å². The third-order valence-electron chi connectivity index (χ3n) is 15.3. The third kappa shape index (κ3) is 6.99. The van der Waals surface area contributed by atoms with Crippen LogP contribution in [0.2, 0.25) is 19.6 Å². The Balaban J connectivity index is 1.18. The normalized spacial score (nSPS) is 15.9. The highest BCUT2D eigenvalue weighted by Crippen LogP contribution is 2.48. The number of rotatable bonds is 6. The highest BCUT2D eigenvalue weighted by Gasteiger charge is 2.45. The van der Waals surface area contributed by atoms with Gasteiger partial charge in [0.1, 0.15) is 22.5 Å². The Labute approximate surface area is 407 Å². The maximum absolute atomic E-state index is 7.18. The van der Waals surface area contributed by atoms with E-state index in [1.165, 1.54) is 66.6 Å². The second-order valence-corrected chi connectivity index (χ2v) is 26.4. The van der Waals surface area contributed by atoms with Crippen LogP contribution in [0, 0.1) is 0 Å². The number of benzene rings is 7. The van der Waals surface area contributed by atoms with Crippen molar-refractivity contribution in [2.45, 2.75) is 90.4 Å². The largest absolute Gasteiger partial charge is 0.455 e. The fourth-order valence-corrected chi connectivity index (χ4v) is 13.6. The molecule has 5 heteroatoms. The van der Waals surface area contributed by atoms with Gasteiger partial charge in [-0.15, -0.1) is 0 Å². The molecule has 2 aliphatic heterocycles. The molecule has 0 amide bonds. The van der Waals surface area contributed by atoms with Gasteiger partial charge in [0, 0.05) is 44.6 Å². The average molecular weight is 916 g/mol. The Hall–Kier alpha value is -7.08. The molecular weight excluding hydrogens is 855 g/mol. The van der Waals surface area contributed by atoms with Crippen molar-refractivity contribution in [3.63, 3.8) is 0 Å². The van der Waals surface area contributed by atoms with Crippen molar-refractivity contribution in [3.8, 4) is 50.6 Å². The van der Waals surface area contributed by atoms with Crippen LogP contribution in [0.5, 0.6) is 0 Å². The molecule has 0 spiro atoms. The fraction of sp³-hybridized carbons (Fsp3) is 0.219. The molecule has 340 valence electrons. The number of allylic oxidation sites excluding steroid dienone is 1. The molecule has 12 rings (SSSR count). The van der Waals surface area contributed by atoms with Crippen LogP contribution < -0.4 is 14.3 Å². The van der Waals surface area contributed by atoms with Gasteiger partial charge in [-0.25, -0.2) is 0 Å². The van der Waals surface area contributed by atoms with Gasteiger partial charge in [0.2, 0.25) is 5.69 Å². The minimum absolute atomic E-state index is 0.129. The van der Waals surface area contributed by atoms with E-state index in [4.69, 9.17) is 11.0 Å². The molecule has 0 saturated carbocycles. The van der Waals surface area contributed by atoms with Crippen LogP contribution in [-0.4, -0.2) is 12.6 Å². The summed E-state index contributed by atoms with van der Waals surface area (Å²) in [4.78, 5) is 0. The number of fused-ring (bicyclic) bond motifs is 15. The zero-order valence-corrected chi connectivity index (χ0v) is 42.1. The standard InChI is InChI=1S/C64H61N3OSi/c1-40(2)52-36-46(43-21-11-9-12-22-43)37-53(41(3)4)62(52)67-56-29-19-18-28-55(56)66-42(5)35-57-49(33-31-45-32-34-51-50-27-17-20-30-59(50)68-63(51)61(45)64(66)67)47-25-15-16-26-48(47)58-38-54(44-23-13-10-14-24-44)60(39-65(57)58)69(6,7)8/h9-30,32,34,36-41,49,57H,5,31,33,35H2,1-4,6-8H3/q+2. The van der Waals surface area contributed by atoms with Crippen LogP contribution in [0.3, 0.4) is 0 Å². The van der Waals surface area contributed by atoms with Crippen molar-refractivity contribution in [2.75, 3.05) is 0 Å². The number of para-hydroxylation sites is 3. The van der Waals surface area contributed by atoms with Gasteiger partial charge in [-0.1, -0.05) is 175 Å². The molecule has 3 aromatic heterocycles. The van der Waals surface area contributed by atoms with Crippen molar-refractivity contribution < 1.29 is 13.6 Å². The first-order valence-corrected chi connectivity index (χ1v) is 28.6. The summed E-state index contributed by atoms with van der Waals surface area (Å²) >= 11 is 0. The third-order valence-corrected chi connectivity index (χ3v) is 17.4. The Bertz CT molecular complexity index is 3630. The molecule has 4 nitrogen and oxygen atoms in total. The summed E-state index contributed by atoms with van der Waals surface area (Å²) in [6.45, 7) is 22.1. The Morgan fingerprint density at radius 1 is 0.652 bits per heavy atom. The van der Waals surface area contributed by atoms with E-state index in [1.54, 1.807) is 0 Å². The molecule has 10 aromatic rings. The van der Waals surface area contributed by atoms with E-state index in [9.17, 15) is 0 Å². The Morgan fingerprint density at radius 3 is 2.03 bits per heavy atom. The quantitative estimate of drug-likeness (QED) is 0.121. The molecule has 2 atom stereocenters. The summed E-state index contributed by atoms with van der Waals surface area (Å²) in [6.07, 6.45) is 5.20. The van der Waals surface area contributed by atoms with Crippen molar-refractivity contribution in [1.82, 2.24) is 4.57 Å². The van der Waals surface area contributed by atoms with Crippen molar-refractivity contribution >= 4 is 51.9 Å². The first-order valence-electron chi connectivity index (χ1n) is 25.1. The summed E-state index contributed by atoms with van der Waals surface area (Å²) in [5, 5.41) is 3.77. The van der Waals surface area contributed by atoms with Gasteiger partial charge in [-0.05, 0) is 94.5 Å². The van der Waals surface area contributed by atoms with Crippen LogP contribution in [0.25, 0.3) is 89.3 Å². The van der Waals surface area contributed by atoms with Crippen LogP contribution in [0.15, 0.2) is 181 Å². The van der Waals surface area contributed by atoms with Gasteiger partial charge < -0.3 is 4.42 Å². The predicted molar refractivity (Wildman–Crippen MR) is 290 cm³/mol. The molecule has 7 aromatic carbocycles. The zero-order valence-electron chi connectivity index (χ0n) is 41.1. The van der Waals surface area contributed by atoms with E-state index < -0.39 is 8.07 Å². The Kier molecular flexibility index (Phi) is 10.4. The Morgan fingerprint density at radius 2 is 1.30 bits per heavy atom. The number of imidazole rings is 1. The monoisotopic (exact) mass is 915 g/mol. The lowest BCUT2D eigenvalue weighted by Crippen LogP contribution is -2.54. The summed E-state index contributed by atoms with van der Waals surface area (Å²) < 4.78 is 15.0. The molecule has 0 fully saturated rings. The van der Waals surface area contributed by atoms with E-state index in [1.807, 2.05) is 0 Å². The lowest BCUT2D eigenvalue weighted by Gasteiger charge is -2.33. The van der Waals surface area contributed by atoms with E-state index in [0.29, 0.717) is 0 Å². The van der Waals surface area contributed by atoms with E-state index >= 15 is 0 Å². The van der Waals surface area contributed by atoms with Crippen molar-refractivity contribution in [2.24, 2.45) is 0 Å². The topological polar surface area (TPSA) is 25.8 Å². The number of hydrogen-bond donors (Lipinski definition) is 0. The van der Waals surface area contributed by atoms with Gasteiger partial charge in [0.05, 0.1) is 14.5 Å². The van der Waals surface area contributed by atoms with Crippen molar-refractivity contribution in [1.29, 1.82) is 0 Å². The van der Waals surface area contributed by atoms with E-state index in [0.717, 1.165) is 69.3 Å². The van der Waals surface area contributed by atoms with Gasteiger partial charge in [0.15, 0.2) is 28.9 Å². The van der Waals surface area contributed by atoms with E-state index in [2.05, 4.69) is 231 Å². The summed E-state index contributed by atoms with van der Waals surface area (Å²) in [6, 6.07) is 61.1. The highest BCUT2D eigenvalue weighted by molar-refractivity contribution is 6.89. The number of nitrogens with zero attached hydrogens (tertiary/aromatic N) is 3. The molecule has 69 heavy (non-hydrogen) atoms. The van der Waals surface area contributed by atoms with Gasteiger partial charge in [0.25, 0.3) is 0 Å². The minimum atomic E-state index is -1.86. The zero-order chi connectivity index (χ0) is 47.3. The number of pyridine rings is 1. The molecule has 0 aliphatic carbocycles. The van der Waals surface area contributed by atoms with Crippen molar-refractivity contribution in [3.05, 3.63) is 199 Å². The molecule has 0 radical (unpaired) electrons. The van der Waals surface area contributed by atoms with Crippen LogP contribution in [0.1, 0.15) is 86.6 Å². The number of hydrogen-bond acceptors (Lipinski definition) is 1. The number of aromatic nitrogens is 3. The first kappa shape index (κ1) is 43.2. The second kappa shape index (κ2) is 16.6. The van der Waals surface area contributed by atoms with Gasteiger partial charge in [-0.3, -0.25) is 0 Å².